The molecule has 7 heteroatoms. The van der Waals surface area contributed by atoms with Crippen molar-refractivity contribution in [3.05, 3.63) is 47.8 Å². The average Bonchev–Trinajstić information content (AvgIpc) is 3.34. The predicted molar refractivity (Wildman–Crippen MR) is 100 cm³/mol. The highest BCUT2D eigenvalue weighted by Crippen LogP contribution is 2.27. The fourth-order valence-corrected chi connectivity index (χ4v) is 5.99. The molecule has 0 N–H and O–H groups in total. The van der Waals surface area contributed by atoms with Gasteiger partial charge in [0.2, 0.25) is 0 Å². The van der Waals surface area contributed by atoms with E-state index in [9.17, 15) is 8.42 Å². The monoisotopic (exact) mass is 374 g/mol. The summed E-state index contributed by atoms with van der Waals surface area (Å²) >= 11 is 0. The van der Waals surface area contributed by atoms with Crippen LogP contribution >= 0.6 is 0 Å². The Bertz CT molecular complexity index is 834. The quantitative estimate of drug-likeness (QED) is 0.774. The highest BCUT2D eigenvalue weighted by molar-refractivity contribution is 7.91. The Morgan fingerprint density at radius 3 is 2.77 bits per heavy atom. The van der Waals surface area contributed by atoms with Crippen LogP contribution in [-0.4, -0.2) is 52.9 Å². The number of rotatable bonds is 6. The second kappa shape index (κ2) is 7.48. The summed E-state index contributed by atoms with van der Waals surface area (Å²) in [6.07, 6.45) is 4.83. The van der Waals surface area contributed by atoms with Gasteiger partial charge in [-0.2, -0.15) is 0 Å². The van der Waals surface area contributed by atoms with Crippen LogP contribution < -0.4 is 0 Å². The highest BCUT2D eigenvalue weighted by Gasteiger charge is 2.28. The molecule has 0 saturated carbocycles. The highest BCUT2D eigenvalue weighted by atomic mass is 32.2. The summed E-state index contributed by atoms with van der Waals surface area (Å²) in [4.78, 5) is 2.47. The number of likely N-dealkylation sites (tertiary alicyclic amines) is 1. The van der Waals surface area contributed by atoms with Gasteiger partial charge in [-0.1, -0.05) is 35.5 Å². The number of hydrogen-bond acceptors (Lipinski definition) is 5. The lowest BCUT2D eigenvalue weighted by Gasteiger charge is -2.15. The molecule has 2 aliphatic rings. The van der Waals surface area contributed by atoms with Crippen LogP contribution in [0.15, 0.2) is 36.5 Å². The molecular formula is C19H26N4O2S. The Balaban J connectivity index is 1.28. The molecule has 2 unspecified atom stereocenters. The van der Waals surface area contributed by atoms with Gasteiger partial charge in [0, 0.05) is 31.7 Å². The Labute approximate surface area is 155 Å². The van der Waals surface area contributed by atoms with Crippen molar-refractivity contribution >= 4 is 9.84 Å². The van der Waals surface area contributed by atoms with E-state index in [0.29, 0.717) is 17.4 Å². The summed E-state index contributed by atoms with van der Waals surface area (Å²) < 4.78 is 25.0. The third kappa shape index (κ3) is 4.32. The zero-order valence-corrected chi connectivity index (χ0v) is 15.8. The first kappa shape index (κ1) is 17.7. The maximum absolute atomic E-state index is 11.6. The molecule has 0 aliphatic carbocycles. The van der Waals surface area contributed by atoms with Crippen molar-refractivity contribution in [2.75, 3.05) is 24.6 Å². The molecule has 2 saturated heterocycles. The Kier molecular flexibility index (Phi) is 5.09. The summed E-state index contributed by atoms with van der Waals surface area (Å²) in [6.45, 7) is 3.86. The third-order valence-electron chi connectivity index (χ3n) is 5.59. The molecule has 140 valence electrons. The zero-order valence-electron chi connectivity index (χ0n) is 15.0. The van der Waals surface area contributed by atoms with Gasteiger partial charge in [-0.25, -0.2) is 8.42 Å². The molecule has 0 amide bonds. The molecule has 0 spiro atoms. The van der Waals surface area contributed by atoms with Gasteiger partial charge < -0.3 is 0 Å². The normalized spacial score (nSPS) is 25.7. The summed E-state index contributed by atoms with van der Waals surface area (Å²) in [5.74, 6) is 1.41. The molecule has 26 heavy (non-hydrogen) atoms. The maximum Gasteiger partial charge on any atom is 0.150 e. The first-order valence-electron chi connectivity index (χ1n) is 9.44. The third-order valence-corrected chi connectivity index (χ3v) is 7.43. The first-order valence-corrected chi connectivity index (χ1v) is 11.3. The number of benzene rings is 1. The van der Waals surface area contributed by atoms with Crippen LogP contribution in [0.1, 0.15) is 36.4 Å². The molecule has 2 atom stereocenters. The fourth-order valence-electron chi connectivity index (χ4n) is 4.08. The first-order chi connectivity index (χ1) is 12.6. The van der Waals surface area contributed by atoms with Crippen molar-refractivity contribution < 1.29 is 8.42 Å². The molecule has 2 aliphatic heterocycles. The average molecular weight is 375 g/mol. The molecule has 4 rings (SSSR count). The van der Waals surface area contributed by atoms with Crippen molar-refractivity contribution in [2.45, 2.75) is 38.3 Å². The van der Waals surface area contributed by atoms with Crippen molar-refractivity contribution in [3.8, 4) is 0 Å². The second-order valence-electron chi connectivity index (χ2n) is 7.67. The van der Waals surface area contributed by atoms with E-state index in [-0.39, 0.29) is 5.92 Å². The molecule has 2 fully saturated rings. The minimum atomic E-state index is -2.79. The van der Waals surface area contributed by atoms with Gasteiger partial charge in [0.25, 0.3) is 0 Å². The van der Waals surface area contributed by atoms with Crippen LogP contribution in [0.3, 0.4) is 0 Å². The van der Waals surface area contributed by atoms with Gasteiger partial charge >= 0.3 is 0 Å². The number of hydrogen-bond donors (Lipinski definition) is 0. The number of aromatic nitrogens is 3. The minimum absolute atomic E-state index is 0.278. The lowest BCUT2D eigenvalue weighted by molar-refractivity contribution is 0.326. The van der Waals surface area contributed by atoms with E-state index in [1.807, 2.05) is 4.68 Å². The fraction of sp³-hybridized carbons (Fsp3) is 0.579. The van der Waals surface area contributed by atoms with E-state index in [4.69, 9.17) is 0 Å². The standard InChI is InChI=1S/C19H26N4O2S/c24-26(25)11-8-17(15-26)6-10-23-14-19(20-21-23)18-7-9-22(13-18)12-16-4-2-1-3-5-16/h1-5,14,17-18H,6-13,15H2. The van der Waals surface area contributed by atoms with Gasteiger partial charge in [-0.15, -0.1) is 5.10 Å². The van der Waals surface area contributed by atoms with Crippen molar-refractivity contribution in [2.24, 2.45) is 5.92 Å². The molecular weight excluding hydrogens is 348 g/mol. The van der Waals surface area contributed by atoms with E-state index in [1.54, 1.807) is 0 Å². The topological polar surface area (TPSA) is 68.1 Å². The van der Waals surface area contributed by atoms with Crippen LogP contribution in [0.25, 0.3) is 0 Å². The van der Waals surface area contributed by atoms with Crippen molar-refractivity contribution in [3.63, 3.8) is 0 Å². The SMILES string of the molecule is O=S1(=O)CCC(CCn2cc(C3CCN(Cc4ccccc4)C3)nn2)C1. The van der Waals surface area contributed by atoms with E-state index < -0.39 is 9.84 Å². The van der Waals surface area contributed by atoms with Crippen LogP contribution in [-0.2, 0) is 22.9 Å². The lowest BCUT2D eigenvalue weighted by Crippen LogP contribution is -2.19. The largest absolute Gasteiger partial charge is 0.298 e. The maximum atomic E-state index is 11.6. The van der Waals surface area contributed by atoms with Gasteiger partial charge in [-0.3, -0.25) is 9.58 Å². The second-order valence-corrected chi connectivity index (χ2v) is 9.90. The predicted octanol–water partition coefficient (Wildman–Crippen LogP) is 2.09. The Hall–Kier alpha value is -1.73. The van der Waals surface area contributed by atoms with Crippen LogP contribution in [0, 0.1) is 5.92 Å². The van der Waals surface area contributed by atoms with E-state index in [1.165, 1.54) is 5.56 Å². The molecule has 0 bridgehead atoms. The zero-order chi connectivity index (χ0) is 18.0. The summed E-state index contributed by atoms with van der Waals surface area (Å²) in [5, 5.41) is 8.65. The summed E-state index contributed by atoms with van der Waals surface area (Å²) in [5.41, 5.74) is 2.42. The number of sulfone groups is 1. The minimum Gasteiger partial charge on any atom is -0.298 e. The van der Waals surface area contributed by atoms with E-state index >= 15 is 0 Å². The van der Waals surface area contributed by atoms with Crippen LogP contribution in [0.5, 0.6) is 0 Å². The number of nitrogens with zero attached hydrogens (tertiary/aromatic N) is 4. The summed E-state index contributed by atoms with van der Waals surface area (Å²) in [6, 6.07) is 10.6. The summed E-state index contributed by atoms with van der Waals surface area (Å²) in [7, 11) is -2.79. The molecule has 3 heterocycles. The van der Waals surface area contributed by atoms with E-state index in [0.717, 1.165) is 51.1 Å². The molecule has 0 radical (unpaired) electrons. The molecule has 2 aromatic rings. The van der Waals surface area contributed by atoms with Crippen LogP contribution in [0.2, 0.25) is 0 Å². The van der Waals surface area contributed by atoms with Gasteiger partial charge in [-0.05, 0) is 37.3 Å². The van der Waals surface area contributed by atoms with Gasteiger partial charge in [0.15, 0.2) is 9.84 Å². The molecule has 1 aromatic heterocycles. The Morgan fingerprint density at radius 2 is 2.00 bits per heavy atom. The van der Waals surface area contributed by atoms with Gasteiger partial charge in [0.1, 0.15) is 0 Å². The van der Waals surface area contributed by atoms with Crippen LogP contribution in [0.4, 0.5) is 0 Å². The van der Waals surface area contributed by atoms with Gasteiger partial charge in [0.05, 0.1) is 17.2 Å². The van der Waals surface area contributed by atoms with Crippen molar-refractivity contribution in [1.82, 2.24) is 19.9 Å². The smallest absolute Gasteiger partial charge is 0.150 e. The van der Waals surface area contributed by atoms with E-state index in [2.05, 4.69) is 51.7 Å². The molecule has 1 aromatic carbocycles. The molecule has 6 nitrogen and oxygen atoms in total. The van der Waals surface area contributed by atoms with Crippen molar-refractivity contribution in [1.29, 1.82) is 0 Å². The Morgan fingerprint density at radius 1 is 1.15 bits per heavy atom. The lowest BCUT2D eigenvalue weighted by atomic mass is 10.1. The number of aryl methyl sites for hydroxylation is 1.